The van der Waals surface area contributed by atoms with E-state index in [0.29, 0.717) is 11.3 Å². The van der Waals surface area contributed by atoms with E-state index >= 15 is 0 Å². The molecule has 2 aromatic heterocycles. The lowest BCUT2D eigenvalue weighted by molar-refractivity contribution is -0.113. The van der Waals surface area contributed by atoms with E-state index in [1.807, 2.05) is 18.2 Å². The lowest BCUT2D eigenvalue weighted by atomic mass is 10.1. The number of aromatic amines is 1. The number of nitrogens with zero attached hydrogens (tertiary/aromatic N) is 2. The van der Waals surface area contributed by atoms with Crippen LogP contribution in [0.1, 0.15) is 17.3 Å². The second kappa shape index (κ2) is 7.73. The third-order valence-electron chi connectivity index (χ3n) is 4.22. The van der Waals surface area contributed by atoms with E-state index in [-0.39, 0.29) is 17.4 Å². The summed E-state index contributed by atoms with van der Waals surface area (Å²) in [7, 11) is 0. The molecular weight excluding hydrogens is 440 g/mol. The van der Waals surface area contributed by atoms with Crippen LogP contribution < -0.4 is 5.32 Å². The van der Waals surface area contributed by atoms with Crippen LogP contribution >= 0.6 is 27.7 Å². The summed E-state index contributed by atoms with van der Waals surface area (Å²) in [6.07, 6.45) is 1.51. The Kier molecular flexibility index (Phi) is 5.15. The molecule has 1 amide bonds. The van der Waals surface area contributed by atoms with E-state index in [0.717, 1.165) is 31.4 Å². The number of hydrogen-bond acceptors (Lipinski definition) is 5. The minimum absolute atomic E-state index is 0.00780. The van der Waals surface area contributed by atoms with Crippen LogP contribution in [0.4, 0.5) is 5.69 Å². The van der Waals surface area contributed by atoms with Crippen molar-refractivity contribution in [2.45, 2.75) is 11.9 Å². The molecule has 4 rings (SSSR count). The molecule has 8 heteroatoms. The highest BCUT2D eigenvalue weighted by atomic mass is 79.9. The maximum absolute atomic E-state index is 12.3. The fourth-order valence-electron chi connectivity index (χ4n) is 2.87. The molecule has 0 saturated carbocycles. The number of Topliss-reactive ketones (excluding diaryl/α,β-unsaturated/α-hetero) is 1. The third kappa shape index (κ3) is 3.79. The van der Waals surface area contributed by atoms with Gasteiger partial charge in [0.05, 0.1) is 11.3 Å². The van der Waals surface area contributed by atoms with Crippen molar-refractivity contribution in [1.82, 2.24) is 15.0 Å². The van der Waals surface area contributed by atoms with Crippen molar-refractivity contribution in [2.24, 2.45) is 0 Å². The molecule has 0 fully saturated rings. The number of carbonyl (C=O) groups excluding carboxylic acids is 2. The largest absolute Gasteiger partial charge is 0.351 e. The van der Waals surface area contributed by atoms with Crippen molar-refractivity contribution in [3.63, 3.8) is 0 Å². The molecule has 2 heterocycles. The van der Waals surface area contributed by atoms with Crippen LogP contribution in [0.15, 0.2) is 58.3 Å². The van der Waals surface area contributed by atoms with Gasteiger partial charge in [-0.2, -0.15) is 0 Å². The molecule has 0 aliphatic rings. The molecule has 4 aromatic rings. The van der Waals surface area contributed by atoms with Gasteiger partial charge in [0.2, 0.25) is 5.91 Å². The monoisotopic (exact) mass is 454 g/mol. The Morgan fingerprint density at radius 1 is 1.14 bits per heavy atom. The van der Waals surface area contributed by atoms with Gasteiger partial charge in [-0.3, -0.25) is 9.59 Å². The zero-order valence-electron chi connectivity index (χ0n) is 14.8. The molecular formula is C20H15BrN4O2S. The SMILES string of the molecule is CC(=O)c1ccc(NC(=O)CSc2ncnc3c2[nH]c2ccc(Br)cc23)cc1. The Labute approximate surface area is 173 Å². The maximum Gasteiger partial charge on any atom is 0.234 e. The Hall–Kier alpha value is -2.71. The van der Waals surface area contributed by atoms with E-state index < -0.39 is 0 Å². The van der Waals surface area contributed by atoms with Gasteiger partial charge in [0.15, 0.2) is 5.78 Å². The molecule has 6 nitrogen and oxygen atoms in total. The first-order chi connectivity index (χ1) is 13.5. The normalized spacial score (nSPS) is 11.1. The molecule has 0 saturated heterocycles. The summed E-state index contributed by atoms with van der Waals surface area (Å²) < 4.78 is 0.976. The second-order valence-electron chi connectivity index (χ2n) is 6.19. The van der Waals surface area contributed by atoms with Gasteiger partial charge in [-0.1, -0.05) is 27.7 Å². The van der Waals surface area contributed by atoms with Gasteiger partial charge in [-0.05, 0) is 49.4 Å². The van der Waals surface area contributed by atoms with Crippen molar-refractivity contribution in [3.8, 4) is 0 Å². The van der Waals surface area contributed by atoms with E-state index in [1.165, 1.54) is 25.0 Å². The van der Waals surface area contributed by atoms with Gasteiger partial charge in [-0.15, -0.1) is 0 Å². The van der Waals surface area contributed by atoms with Crippen LogP contribution in [0.3, 0.4) is 0 Å². The summed E-state index contributed by atoms with van der Waals surface area (Å²) in [5, 5.41) is 4.55. The lowest BCUT2D eigenvalue weighted by Gasteiger charge is -2.06. The highest BCUT2D eigenvalue weighted by molar-refractivity contribution is 9.10. The van der Waals surface area contributed by atoms with Gasteiger partial charge < -0.3 is 10.3 Å². The number of nitrogens with one attached hydrogen (secondary N) is 2. The number of rotatable bonds is 5. The number of halogens is 1. The number of aromatic nitrogens is 3. The Morgan fingerprint density at radius 3 is 2.68 bits per heavy atom. The number of benzene rings is 2. The molecule has 2 aromatic carbocycles. The number of hydrogen-bond donors (Lipinski definition) is 2. The molecule has 0 atom stereocenters. The summed E-state index contributed by atoms with van der Waals surface area (Å²) in [5.41, 5.74) is 3.88. The standard InChI is InChI=1S/C20H15BrN4O2S/c1-11(26)12-2-5-14(6-3-12)24-17(27)9-28-20-19-18(22-10-23-20)15-8-13(21)4-7-16(15)25-19/h2-8,10,25H,9H2,1H3,(H,24,27). The number of fused-ring (bicyclic) bond motifs is 3. The topological polar surface area (TPSA) is 87.7 Å². The first kappa shape index (κ1) is 18.6. The number of amides is 1. The fourth-order valence-corrected chi connectivity index (χ4v) is 3.99. The highest BCUT2D eigenvalue weighted by Crippen LogP contribution is 2.31. The minimum atomic E-state index is -0.147. The van der Waals surface area contributed by atoms with E-state index in [1.54, 1.807) is 24.3 Å². The second-order valence-corrected chi connectivity index (χ2v) is 8.07. The van der Waals surface area contributed by atoms with Crippen LogP contribution in [0.2, 0.25) is 0 Å². The minimum Gasteiger partial charge on any atom is -0.351 e. The number of anilines is 1. The number of ketones is 1. The van der Waals surface area contributed by atoms with Crippen molar-refractivity contribution >= 4 is 67.0 Å². The molecule has 28 heavy (non-hydrogen) atoms. The van der Waals surface area contributed by atoms with Gasteiger partial charge in [0.25, 0.3) is 0 Å². The van der Waals surface area contributed by atoms with Crippen molar-refractivity contribution < 1.29 is 9.59 Å². The summed E-state index contributed by atoms with van der Waals surface area (Å²) >= 11 is 4.83. The summed E-state index contributed by atoms with van der Waals surface area (Å²) in [6.45, 7) is 1.51. The lowest BCUT2D eigenvalue weighted by Crippen LogP contribution is -2.14. The van der Waals surface area contributed by atoms with Crippen LogP contribution in [0.25, 0.3) is 21.9 Å². The molecule has 0 unspecified atom stereocenters. The molecule has 140 valence electrons. The summed E-state index contributed by atoms with van der Waals surface area (Å²) in [4.78, 5) is 35.7. The molecule has 2 N–H and O–H groups in total. The zero-order chi connectivity index (χ0) is 19.7. The van der Waals surface area contributed by atoms with Gasteiger partial charge in [0, 0.05) is 26.6 Å². The van der Waals surface area contributed by atoms with Crippen LogP contribution in [0.5, 0.6) is 0 Å². The van der Waals surface area contributed by atoms with Crippen LogP contribution in [-0.4, -0.2) is 32.4 Å². The fraction of sp³-hybridized carbons (Fsp3) is 0.100. The predicted molar refractivity (Wildman–Crippen MR) is 115 cm³/mol. The highest BCUT2D eigenvalue weighted by Gasteiger charge is 2.13. The quantitative estimate of drug-likeness (QED) is 0.256. The maximum atomic E-state index is 12.3. The van der Waals surface area contributed by atoms with Gasteiger partial charge in [0.1, 0.15) is 16.9 Å². The molecule has 0 spiro atoms. The van der Waals surface area contributed by atoms with E-state index in [2.05, 4.69) is 36.2 Å². The number of thioether (sulfide) groups is 1. The average Bonchev–Trinajstić information content (AvgIpc) is 3.05. The Morgan fingerprint density at radius 2 is 1.93 bits per heavy atom. The average molecular weight is 455 g/mol. The van der Waals surface area contributed by atoms with E-state index in [4.69, 9.17) is 0 Å². The number of carbonyl (C=O) groups is 2. The smallest absolute Gasteiger partial charge is 0.234 e. The molecule has 0 radical (unpaired) electrons. The van der Waals surface area contributed by atoms with Crippen molar-refractivity contribution in [1.29, 1.82) is 0 Å². The van der Waals surface area contributed by atoms with Crippen LogP contribution in [-0.2, 0) is 4.79 Å². The first-order valence-corrected chi connectivity index (χ1v) is 10.2. The van der Waals surface area contributed by atoms with Gasteiger partial charge in [-0.25, -0.2) is 9.97 Å². The predicted octanol–water partition coefficient (Wildman–Crippen LogP) is 4.81. The Balaban J connectivity index is 1.50. The van der Waals surface area contributed by atoms with Crippen molar-refractivity contribution in [2.75, 3.05) is 11.1 Å². The third-order valence-corrected chi connectivity index (χ3v) is 5.71. The molecule has 0 bridgehead atoms. The number of H-pyrrole nitrogens is 1. The zero-order valence-corrected chi connectivity index (χ0v) is 17.2. The summed E-state index contributed by atoms with van der Waals surface area (Å²) in [6, 6.07) is 12.8. The molecule has 0 aliphatic heterocycles. The van der Waals surface area contributed by atoms with Crippen LogP contribution in [0, 0.1) is 0 Å². The summed E-state index contributed by atoms with van der Waals surface area (Å²) in [5.74, 6) is 0.0531. The Bertz CT molecular complexity index is 1200. The van der Waals surface area contributed by atoms with E-state index in [9.17, 15) is 9.59 Å². The first-order valence-electron chi connectivity index (χ1n) is 8.47. The van der Waals surface area contributed by atoms with Crippen molar-refractivity contribution in [3.05, 3.63) is 58.8 Å². The van der Waals surface area contributed by atoms with Gasteiger partial charge >= 0.3 is 0 Å². The molecule has 0 aliphatic carbocycles.